The van der Waals surface area contributed by atoms with Crippen molar-refractivity contribution in [2.75, 3.05) is 7.05 Å². The second kappa shape index (κ2) is 4.57. The molecule has 1 rings (SSSR count). The van der Waals surface area contributed by atoms with E-state index < -0.39 is 0 Å². The van der Waals surface area contributed by atoms with Crippen LogP contribution in [-0.4, -0.2) is 23.5 Å². The minimum absolute atomic E-state index is 0.361. The molecule has 0 bridgehead atoms. The molecule has 0 spiro atoms. The van der Waals surface area contributed by atoms with Crippen molar-refractivity contribution < 1.29 is 0 Å². The Kier molecular flexibility index (Phi) is 4.04. The van der Waals surface area contributed by atoms with E-state index in [1.165, 1.54) is 25.7 Å². The van der Waals surface area contributed by atoms with Crippen molar-refractivity contribution in [1.29, 1.82) is 0 Å². The van der Waals surface area contributed by atoms with Gasteiger partial charge in [-0.25, -0.2) is 0 Å². The van der Waals surface area contributed by atoms with Gasteiger partial charge in [-0.05, 0) is 57.4 Å². The number of hydrogen-bond donors (Lipinski definition) is 0. The van der Waals surface area contributed by atoms with E-state index in [-0.39, 0.29) is 0 Å². The van der Waals surface area contributed by atoms with E-state index in [9.17, 15) is 0 Å². The summed E-state index contributed by atoms with van der Waals surface area (Å²) >= 11 is 0. The Bertz CT molecular complexity index is 267. The number of likely N-dealkylation sites (tertiary alicyclic amines) is 1. The third-order valence-corrected chi connectivity index (χ3v) is 4.94. The van der Waals surface area contributed by atoms with Gasteiger partial charge >= 0.3 is 0 Å². The van der Waals surface area contributed by atoms with Gasteiger partial charge in [0.05, 0.1) is 0 Å². The maximum Gasteiger partial charge on any atom is 0.0183 e. The molecule has 0 amide bonds. The quantitative estimate of drug-likeness (QED) is 0.640. The van der Waals surface area contributed by atoms with Crippen LogP contribution in [0, 0.1) is 10.8 Å². The smallest absolute Gasteiger partial charge is 0.0183 e. The lowest BCUT2D eigenvalue weighted by atomic mass is 9.65. The standard InChI is InChI=1S/C16H33N/c1-9-16(7)12-15(5,6)11-14(3,4)10-13(2)17(16)8/h13H,9-12H2,1-8H3. The summed E-state index contributed by atoms with van der Waals surface area (Å²) in [5.74, 6) is 0. The van der Waals surface area contributed by atoms with Crippen LogP contribution < -0.4 is 0 Å². The fourth-order valence-corrected chi connectivity index (χ4v) is 4.43. The molecule has 1 aliphatic heterocycles. The summed E-state index contributed by atoms with van der Waals surface area (Å²) in [5.41, 5.74) is 1.27. The highest BCUT2D eigenvalue weighted by Crippen LogP contribution is 2.47. The molecule has 0 saturated carbocycles. The highest BCUT2D eigenvalue weighted by Gasteiger charge is 2.42. The highest BCUT2D eigenvalue weighted by atomic mass is 15.2. The molecule has 0 N–H and O–H groups in total. The van der Waals surface area contributed by atoms with Gasteiger partial charge in [0.15, 0.2) is 0 Å². The minimum Gasteiger partial charge on any atom is -0.298 e. The maximum absolute atomic E-state index is 2.63. The van der Waals surface area contributed by atoms with Gasteiger partial charge in [0.1, 0.15) is 0 Å². The number of rotatable bonds is 1. The molecule has 1 saturated heterocycles. The molecule has 1 heteroatoms. The molecule has 0 aromatic rings. The lowest BCUT2D eigenvalue weighted by Crippen LogP contribution is -2.53. The summed E-state index contributed by atoms with van der Waals surface area (Å²) in [6.45, 7) is 17.0. The Labute approximate surface area is 109 Å². The molecule has 0 aromatic heterocycles. The second-order valence-corrected chi connectivity index (χ2v) is 8.20. The van der Waals surface area contributed by atoms with Crippen molar-refractivity contribution in [2.45, 2.75) is 85.7 Å². The second-order valence-electron chi connectivity index (χ2n) is 8.20. The Morgan fingerprint density at radius 2 is 1.53 bits per heavy atom. The molecular weight excluding hydrogens is 206 g/mol. The van der Waals surface area contributed by atoms with Crippen LogP contribution in [0.25, 0.3) is 0 Å². The van der Waals surface area contributed by atoms with Crippen molar-refractivity contribution in [2.24, 2.45) is 10.8 Å². The van der Waals surface area contributed by atoms with E-state index in [1.54, 1.807) is 0 Å². The van der Waals surface area contributed by atoms with Gasteiger partial charge in [0, 0.05) is 11.6 Å². The molecule has 1 nitrogen and oxygen atoms in total. The average Bonchev–Trinajstić information content (AvgIpc) is 2.11. The molecule has 2 unspecified atom stereocenters. The molecule has 0 aliphatic carbocycles. The van der Waals surface area contributed by atoms with E-state index >= 15 is 0 Å². The third kappa shape index (κ3) is 3.47. The summed E-state index contributed by atoms with van der Waals surface area (Å²) in [5, 5.41) is 0. The predicted octanol–water partition coefficient (Wildman–Crippen LogP) is 4.71. The van der Waals surface area contributed by atoms with Crippen LogP contribution in [0.5, 0.6) is 0 Å². The van der Waals surface area contributed by atoms with Crippen LogP contribution in [0.3, 0.4) is 0 Å². The minimum atomic E-state index is 0.361. The van der Waals surface area contributed by atoms with Gasteiger partial charge < -0.3 is 0 Å². The predicted molar refractivity (Wildman–Crippen MR) is 77.3 cm³/mol. The molecule has 1 heterocycles. The molecule has 102 valence electrons. The Morgan fingerprint density at radius 3 is 2.00 bits per heavy atom. The van der Waals surface area contributed by atoms with Gasteiger partial charge in [-0.2, -0.15) is 0 Å². The lowest BCUT2D eigenvalue weighted by Gasteiger charge is -2.52. The third-order valence-electron chi connectivity index (χ3n) is 4.94. The van der Waals surface area contributed by atoms with Crippen molar-refractivity contribution in [3.8, 4) is 0 Å². The van der Waals surface area contributed by atoms with E-state index in [2.05, 4.69) is 60.4 Å². The topological polar surface area (TPSA) is 3.24 Å². The van der Waals surface area contributed by atoms with Crippen LogP contribution in [0.15, 0.2) is 0 Å². The monoisotopic (exact) mass is 239 g/mol. The van der Waals surface area contributed by atoms with Crippen molar-refractivity contribution in [3.05, 3.63) is 0 Å². The van der Waals surface area contributed by atoms with Gasteiger partial charge in [0.25, 0.3) is 0 Å². The van der Waals surface area contributed by atoms with E-state index in [1.807, 2.05) is 0 Å². The number of hydrogen-bond acceptors (Lipinski definition) is 1. The Balaban J connectivity index is 3.04. The first-order valence-electron chi connectivity index (χ1n) is 7.24. The molecule has 0 radical (unpaired) electrons. The zero-order valence-corrected chi connectivity index (χ0v) is 13.4. The normalized spacial score (nSPS) is 38.5. The lowest BCUT2D eigenvalue weighted by molar-refractivity contribution is -0.0132. The first-order valence-corrected chi connectivity index (χ1v) is 7.24. The molecule has 2 atom stereocenters. The summed E-state index contributed by atoms with van der Waals surface area (Å²) in [7, 11) is 2.33. The van der Waals surface area contributed by atoms with Gasteiger partial charge in [-0.3, -0.25) is 4.90 Å². The fourth-order valence-electron chi connectivity index (χ4n) is 4.43. The average molecular weight is 239 g/mol. The van der Waals surface area contributed by atoms with Crippen LogP contribution in [-0.2, 0) is 0 Å². The van der Waals surface area contributed by atoms with E-state index in [0.717, 1.165) is 0 Å². The van der Waals surface area contributed by atoms with Crippen LogP contribution in [0.4, 0.5) is 0 Å². The first kappa shape index (κ1) is 15.0. The van der Waals surface area contributed by atoms with Crippen molar-refractivity contribution in [3.63, 3.8) is 0 Å². The van der Waals surface area contributed by atoms with Crippen LogP contribution in [0.1, 0.15) is 74.1 Å². The Morgan fingerprint density at radius 1 is 1.00 bits per heavy atom. The summed E-state index contributed by atoms with van der Waals surface area (Å²) in [6, 6.07) is 0.686. The number of nitrogens with zero attached hydrogens (tertiary/aromatic N) is 1. The summed E-state index contributed by atoms with van der Waals surface area (Å²) in [6.07, 6.45) is 5.20. The zero-order valence-electron chi connectivity index (χ0n) is 13.4. The van der Waals surface area contributed by atoms with Crippen LogP contribution >= 0.6 is 0 Å². The SMILES string of the molecule is CCC1(C)CC(C)(C)CC(C)(C)CC(C)N1C. The largest absolute Gasteiger partial charge is 0.298 e. The summed E-state index contributed by atoms with van der Waals surface area (Å²) < 4.78 is 0. The zero-order chi connectivity index (χ0) is 13.5. The molecule has 1 fully saturated rings. The fraction of sp³-hybridized carbons (Fsp3) is 1.00. The maximum atomic E-state index is 2.63. The van der Waals surface area contributed by atoms with Gasteiger partial charge in [0.2, 0.25) is 0 Å². The summed E-state index contributed by atoms with van der Waals surface area (Å²) in [4.78, 5) is 2.63. The van der Waals surface area contributed by atoms with Gasteiger partial charge in [-0.1, -0.05) is 34.6 Å². The Hall–Kier alpha value is -0.0400. The van der Waals surface area contributed by atoms with Crippen molar-refractivity contribution >= 4 is 0 Å². The first-order chi connectivity index (χ1) is 7.51. The van der Waals surface area contributed by atoms with Crippen molar-refractivity contribution in [1.82, 2.24) is 4.90 Å². The molecule has 1 aliphatic rings. The molecule has 17 heavy (non-hydrogen) atoms. The molecule has 0 aromatic carbocycles. The van der Waals surface area contributed by atoms with Gasteiger partial charge in [-0.15, -0.1) is 0 Å². The van der Waals surface area contributed by atoms with E-state index in [0.29, 0.717) is 22.4 Å². The van der Waals surface area contributed by atoms with E-state index in [4.69, 9.17) is 0 Å². The van der Waals surface area contributed by atoms with Crippen LogP contribution in [0.2, 0.25) is 0 Å². The highest BCUT2D eigenvalue weighted by molar-refractivity contribution is 4.96. The molecular formula is C16H33N.